The van der Waals surface area contributed by atoms with E-state index in [0.717, 1.165) is 31.7 Å². The van der Waals surface area contributed by atoms with Gasteiger partial charge in [0, 0.05) is 30.9 Å². The highest BCUT2D eigenvalue weighted by atomic mass is 19.4. The zero-order valence-electron chi connectivity index (χ0n) is 22.4. The zero-order valence-corrected chi connectivity index (χ0v) is 22.4. The van der Waals surface area contributed by atoms with Crippen molar-refractivity contribution in [2.75, 3.05) is 38.0 Å². The van der Waals surface area contributed by atoms with Crippen molar-refractivity contribution in [2.45, 2.75) is 65.1 Å². The van der Waals surface area contributed by atoms with Crippen LogP contribution in [0.25, 0.3) is 0 Å². The van der Waals surface area contributed by atoms with E-state index >= 15 is 0 Å². The summed E-state index contributed by atoms with van der Waals surface area (Å²) in [4.78, 5) is 26.6. The Balaban J connectivity index is 0.000000638. The fraction of sp³-hybridized carbons (Fsp3) is 0.517. The van der Waals surface area contributed by atoms with E-state index in [0.29, 0.717) is 5.56 Å². The molecule has 0 unspecified atom stereocenters. The van der Waals surface area contributed by atoms with Crippen LogP contribution in [0.4, 0.5) is 18.9 Å². The molecular formula is C29H40F3N3O3. The molecule has 1 aliphatic heterocycles. The van der Waals surface area contributed by atoms with Gasteiger partial charge < -0.3 is 15.3 Å². The van der Waals surface area contributed by atoms with Crippen LogP contribution in [-0.2, 0) is 17.8 Å². The van der Waals surface area contributed by atoms with Crippen molar-refractivity contribution >= 4 is 17.6 Å². The van der Waals surface area contributed by atoms with Gasteiger partial charge in [0.05, 0.1) is 0 Å². The van der Waals surface area contributed by atoms with Gasteiger partial charge in [0.15, 0.2) is 0 Å². The minimum atomic E-state index is -5.08. The van der Waals surface area contributed by atoms with E-state index in [-0.39, 0.29) is 5.91 Å². The van der Waals surface area contributed by atoms with Crippen molar-refractivity contribution in [3.63, 3.8) is 0 Å². The second kappa shape index (κ2) is 16.1. The van der Waals surface area contributed by atoms with Gasteiger partial charge in [-0.25, -0.2) is 4.79 Å². The molecule has 1 fully saturated rings. The highest BCUT2D eigenvalue weighted by Gasteiger charge is 2.38. The maximum absolute atomic E-state index is 12.6. The summed E-state index contributed by atoms with van der Waals surface area (Å²) in [6.45, 7) is 11.3. The summed E-state index contributed by atoms with van der Waals surface area (Å²) >= 11 is 0. The smallest absolute Gasteiger partial charge is 0.475 e. The Morgan fingerprint density at radius 1 is 0.842 bits per heavy atom. The molecule has 9 heteroatoms. The average Bonchev–Trinajstić information content (AvgIpc) is 3.12. The fourth-order valence-electron chi connectivity index (χ4n) is 4.22. The molecule has 1 amide bonds. The zero-order chi connectivity index (χ0) is 28.0. The van der Waals surface area contributed by atoms with Gasteiger partial charge in [-0.1, -0.05) is 57.4 Å². The lowest BCUT2D eigenvalue weighted by molar-refractivity contribution is -0.192. The highest BCUT2D eigenvalue weighted by Crippen LogP contribution is 2.15. The number of benzene rings is 2. The first-order valence-electron chi connectivity index (χ1n) is 13.4. The van der Waals surface area contributed by atoms with Crippen LogP contribution in [0.5, 0.6) is 0 Å². The van der Waals surface area contributed by atoms with E-state index in [1.807, 2.05) is 24.3 Å². The number of anilines is 1. The molecule has 1 saturated heterocycles. The van der Waals surface area contributed by atoms with E-state index in [4.69, 9.17) is 9.90 Å². The number of nitrogens with one attached hydrogen (secondary N) is 1. The van der Waals surface area contributed by atoms with Gasteiger partial charge in [0.25, 0.3) is 5.91 Å². The average molecular weight is 536 g/mol. The molecule has 2 aromatic rings. The Bertz CT molecular complexity index is 979. The fourth-order valence-corrected chi connectivity index (χ4v) is 4.22. The second-order valence-corrected chi connectivity index (χ2v) is 9.54. The lowest BCUT2D eigenvalue weighted by atomic mass is 10.1. The number of alkyl halides is 3. The van der Waals surface area contributed by atoms with Gasteiger partial charge in [-0.2, -0.15) is 13.2 Å². The van der Waals surface area contributed by atoms with Gasteiger partial charge in [-0.3, -0.25) is 9.69 Å². The molecule has 6 nitrogen and oxygen atoms in total. The first kappa shape index (κ1) is 31.3. The van der Waals surface area contributed by atoms with Crippen LogP contribution in [0.2, 0.25) is 0 Å². The number of carbonyl (C=O) groups excluding carboxylic acids is 1. The number of hydrogen-bond donors (Lipinski definition) is 2. The molecule has 1 heterocycles. The lowest BCUT2D eigenvalue weighted by Gasteiger charge is -2.22. The molecular weight excluding hydrogens is 495 g/mol. The van der Waals surface area contributed by atoms with Gasteiger partial charge in [0.1, 0.15) is 0 Å². The summed E-state index contributed by atoms with van der Waals surface area (Å²) in [7, 11) is 0. The molecule has 2 aromatic carbocycles. The van der Waals surface area contributed by atoms with E-state index in [1.54, 1.807) is 0 Å². The summed E-state index contributed by atoms with van der Waals surface area (Å²) < 4.78 is 31.7. The number of rotatable bonds is 10. The van der Waals surface area contributed by atoms with Gasteiger partial charge in [0.2, 0.25) is 0 Å². The maximum Gasteiger partial charge on any atom is 0.490 e. The Morgan fingerprint density at radius 2 is 1.42 bits per heavy atom. The third-order valence-electron chi connectivity index (χ3n) is 6.49. The number of halogens is 3. The number of nitrogens with zero attached hydrogens (tertiary/aromatic N) is 2. The van der Waals surface area contributed by atoms with Crippen molar-refractivity contribution in [2.24, 2.45) is 0 Å². The van der Waals surface area contributed by atoms with Crippen LogP contribution in [0.3, 0.4) is 0 Å². The summed E-state index contributed by atoms with van der Waals surface area (Å²) in [5, 5.41) is 10.1. The van der Waals surface area contributed by atoms with E-state index in [9.17, 15) is 18.0 Å². The molecule has 38 heavy (non-hydrogen) atoms. The number of aliphatic carboxylic acids is 1. The van der Waals surface area contributed by atoms with Crippen molar-refractivity contribution in [1.29, 1.82) is 0 Å². The monoisotopic (exact) mass is 535 g/mol. The molecule has 0 radical (unpaired) electrons. The summed E-state index contributed by atoms with van der Waals surface area (Å²) in [5.74, 6) is -2.81. The third-order valence-corrected chi connectivity index (χ3v) is 6.49. The second-order valence-electron chi connectivity index (χ2n) is 9.54. The number of hydrogen-bond acceptors (Lipinski definition) is 4. The Kier molecular flexibility index (Phi) is 13.3. The Morgan fingerprint density at radius 3 is 2.00 bits per heavy atom. The van der Waals surface area contributed by atoms with Gasteiger partial charge in [-0.15, -0.1) is 0 Å². The minimum absolute atomic E-state index is 0.0516. The predicted octanol–water partition coefficient (Wildman–Crippen LogP) is 6.22. The number of carboxylic acids is 1. The molecule has 0 aliphatic carbocycles. The van der Waals surface area contributed by atoms with Crippen molar-refractivity contribution in [3.05, 3.63) is 65.2 Å². The molecule has 0 bridgehead atoms. The molecule has 0 spiro atoms. The van der Waals surface area contributed by atoms with Crippen molar-refractivity contribution in [3.8, 4) is 0 Å². The number of unbranched alkanes of at least 4 members (excludes halogenated alkanes) is 3. The predicted molar refractivity (Wildman–Crippen MR) is 144 cm³/mol. The number of carbonyl (C=O) groups is 2. The Labute approximate surface area is 223 Å². The minimum Gasteiger partial charge on any atom is -0.475 e. The molecule has 3 rings (SSSR count). The van der Waals surface area contributed by atoms with Crippen LogP contribution in [0.15, 0.2) is 48.5 Å². The molecule has 1 aliphatic rings. The van der Waals surface area contributed by atoms with E-state index < -0.39 is 12.1 Å². The highest BCUT2D eigenvalue weighted by molar-refractivity contribution is 6.04. The van der Waals surface area contributed by atoms with Crippen molar-refractivity contribution in [1.82, 2.24) is 9.80 Å². The summed E-state index contributed by atoms with van der Waals surface area (Å²) in [6.07, 6.45) is 2.52. The lowest BCUT2D eigenvalue weighted by Crippen LogP contribution is -2.31. The SMILES string of the molecule is CCCCCCN1CCCN(Cc2ccc(C(=O)Nc3ccc(CC)cc3)cc2)CC1.O=C(O)C(F)(F)F. The molecule has 2 N–H and O–H groups in total. The maximum atomic E-state index is 12.6. The number of carboxylic acid groups (broad SMARTS) is 1. The van der Waals surface area contributed by atoms with Crippen LogP contribution in [0.1, 0.15) is 67.4 Å². The topological polar surface area (TPSA) is 72.9 Å². The molecule has 210 valence electrons. The number of aryl methyl sites for hydroxylation is 1. The van der Waals surface area contributed by atoms with Crippen LogP contribution in [0, 0.1) is 0 Å². The van der Waals surface area contributed by atoms with Crippen LogP contribution >= 0.6 is 0 Å². The summed E-state index contributed by atoms with van der Waals surface area (Å²) in [5.41, 5.74) is 4.10. The number of amides is 1. The van der Waals surface area contributed by atoms with Crippen molar-refractivity contribution < 1.29 is 27.9 Å². The van der Waals surface area contributed by atoms with E-state index in [1.165, 1.54) is 62.9 Å². The van der Waals surface area contributed by atoms with Gasteiger partial charge >= 0.3 is 12.1 Å². The third kappa shape index (κ3) is 11.6. The largest absolute Gasteiger partial charge is 0.490 e. The first-order chi connectivity index (χ1) is 18.1. The van der Waals surface area contributed by atoms with Crippen LogP contribution in [-0.4, -0.2) is 65.7 Å². The van der Waals surface area contributed by atoms with Crippen LogP contribution < -0.4 is 5.32 Å². The van der Waals surface area contributed by atoms with Gasteiger partial charge in [-0.05, 0) is 74.3 Å². The molecule has 0 atom stereocenters. The molecule has 0 saturated carbocycles. The summed E-state index contributed by atoms with van der Waals surface area (Å²) in [6, 6.07) is 16.2. The normalized spacial score (nSPS) is 14.8. The van der Waals surface area contributed by atoms with E-state index in [2.05, 4.69) is 53.2 Å². The Hall–Kier alpha value is -2.91. The quantitative estimate of drug-likeness (QED) is 0.353. The standard InChI is InChI=1S/C27H39N3O.C2HF3O2/c1-3-5-6-7-17-29-18-8-19-30(21-20-29)22-24-9-13-25(14-10-24)27(31)28-26-15-11-23(4-2)12-16-26;3-2(4,5)1(6)7/h9-16H,3-8,17-22H2,1-2H3,(H,28,31);(H,6,7). The molecule has 0 aromatic heterocycles. The first-order valence-corrected chi connectivity index (χ1v) is 13.4.